The highest BCUT2D eigenvalue weighted by Gasteiger charge is 2.21. The van der Waals surface area contributed by atoms with Gasteiger partial charge in [0.2, 0.25) is 0 Å². The van der Waals surface area contributed by atoms with Crippen LogP contribution in [-0.2, 0) is 14.8 Å². The topological polar surface area (TPSA) is 54.4 Å². The van der Waals surface area contributed by atoms with Gasteiger partial charge in [0, 0.05) is 15.3 Å². The Morgan fingerprint density at radius 2 is 1.91 bits per heavy atom. The molecule has 1 N–H and O–H groups in total. The second-order valence-corrected chi connectivity index (χ2v) is 6.79. The van der Waals surface area contributed by atoms with Gasteiger partial charge in [0.05, 0.1) is 4.86 Å². The van der Waals surface area contributed by atoms with Gasteiger partial charge in [0.15, 0.2) is 0 Å². The molecule has 0 aliphatic heterocycles. The van der Waals surface area contributed by atoms with Gasteiger partial charge in [0.1, 0.15) is 5.92 Å². The number of hydrogen-bond donors (Lipinski definition) is 1. The van der Waals surface area contributed by atoms with Crippen LogP contribution in [0.3, 0.4) is 0 Å². The van der Waals surface area contributed by atoms with E-state index in [0.29, 0.717) is 4.86 Å². The smallest absolute Gasteiger partial charge is 0.315 e. The van der Waals surface area contributed by atoms with E-state index >= 15 is 0 Å². The molecule has 0 saturated heterocycles. The second kappa shape index (κ2) is 6.26. The first-order valence-electron chi connectivity index (χ1n) is 7.25. The number of benzene rings is 2. The molecule has 0 amide bonds. The molecule has 3 nitrogen and oxygen atoms in total. The number of aliphatic carboxylic acids is 1. The number of rotatable bonds is 2. The van der Waals surface area contributed by atoms with Crippen molar-refractivity contribution in [3.8, 4) is 0 Å². The zero-order chi connectivity index (χ0) is 16.4. The fourth-order valence-corrected chi connectivity index (χ4v) is 3.83. The molecule has 0 bridgehead atoms. The van der Waals surface area contributed by atoms with Gasteiger partial charge >= 0.3 is 5.97 Å². The maximum atomic E-state index is 12.6. The summed E-state index contributed by atoms with van der Waals surface area (Å²) in [4.78, 5) is 11.8. The van der Waals surface area contributed by atoms with Crippen LogP contribution in [0.1, 0.15) is 12.5 Å². The number of carboxylic acid groups (broad SMARTS) is 1. The first-order chi connectivity index (χ1) is 11.0. The van der Waals surface area contributed by atoms with Crippen LogP contribution in [0.5, 0.6) is 0 Å². The van der Waals surface area contributed by atoms with Crippen molar-refractivity contribution < 1.29 is 14.1 Å². The van der Waals surface area contributed by atoms with Crippen LogP contribution in [0.4, 0.5) is 0 Å². The van der Waals surface area contributed by atoms with Crippen molar-refractivity contribution in [3.63, 3.8) is 0 Å². The molecule has 1 unspecified atom stereocenters. The van der Waals surface area contributed by atoms with Gasteiger partial charge < -0.3 is 5.11 Å². The van der Waals surface area contributed by atoms with Crippen LogP contribution in [-0.4, -0.2) is 25.5 Å². The zero-order valence-corrected chi connectivity index (χ0v) is 13.4. The Balaban J connectivity index is 2.13. The van der Waals surface area contributed by atoms with Crippen LogP contribution < -0.4 is 0 Å². The Morgan fingerprint density at radius 1 is 1.17 bits per heavy atom. The van der Waals surface area contributed by atoms with Gasteiger partial charge in [-0.1, -0.05) is 54.1 Å². The third-order valence-corrected chi connectivity index (χ3v) is 5.07. The average Bonchev–Trinajstić information content (AvgIpc) is 2.54. The SMILES string of the molecule is CC1=CC(=S(=O)=Cc2ccc3ccccc3c2)C(C(=O)O)C=C1. The zero-order valence-electron chi connectivity index (χ0n) is 12.6. The van der Waals surface area contributed by atoms with Crippen molar-refractivity contribution in [3.05, 3.63) is 71.8 Å². The average molecular weight is 324 g/mol. The molecule has 0 aromatic heterocycles. The van der Waals surface area contributed by atoms with Crippen molar-refractivity contribution in [1.82, 2.24) is 0 Å². The van der Waals surface area contributed by atoms with Crippen LogP contribution >= 0.6 is 0 Å². The first kappa shape index (κ1) is 15.3. The summed E-state index contributed by atoms with van der Waals surface area (Å²) in [6, 6.07) is 13.8. The molecule has 1 aliphatic carbocycles. The molecular formula is C19H16O3S. The Morgan fingerprint density at radius 3 is 2.65 bits per heavy atom. The maximum Gasteiger partial charge on any atom is 0.315 e. The first-order valence-corrected chi connectivity index (χ1v) is 8.46. The van der Waals surface area contributed by atoms with Gasteiger partial charge in [-0.25, -0.2) is 4.21 Å². The van der Waals surface area contributed by atoms with E-state index in [-0.39, 0.29) is 0 Å². The largest absolute Gasteiger partial charge is 0.481 e. The van der Waals surface area contributed by atoms with Crippen LogP contribution in [0.2, 0.25) is 0 Å². The lowest BCUT2D eigenvalue weighted by Gasteiger charge is -2.11. The molecular weight excluding hydrogens is 308 g/mol. The Hall–Kier alpha value is -2.59. The van der Waals surface area contributed by atoms with Gasteiger partial charge in [-0.3, -0.25) is 4.79 Å². The summed E-state index contributed by atoms with van der Waals surface area (Å²) in [5.41, 5.74) is 1.72. The van der Waals surface area contributed by atoms with Crippen molar-refractivity contribution in [1.29, 1.82) is 0 Å². The highest BCUT2D eigenvalue weighted by atomic mass is 32.1. The molecule has 4 heteroatoms. The molecule has 1 aliphatic rings. The molecule has 2 aromatic rings. The van der Waals surface area contributed by atoms with E-state index in [1.54, 1.807) is 23.6 Å². The monoisotopic (exact) mass is 324 g/mol. The predicted molar refractivity (Wildman–Crippen MR) is 96.3 cm³/mol. The third-order valence-electron chi connectivity index (χ3n) is 3.74. The third kappa shape index (κ3) is 3.27. The van der Waals surface area contributed by atoms with E-state index < -0.39 is 21.9 Å². The highest BCUT2D eigenvalue weighted by Crippen LogP contribution is 2.16. The lowest BCUT2D eigenvalue weighted by Crippen LogP contribution is -2.23. The molecule has 23 heavy (non-hydrogen) atoms. The van der Waals surface area contributed by atoms with E-state index in [1.165, 1.54) is 0 Å². The van der Waals surface area contributed by atoms with E-state index in [2.05, 4.69) is 0 Å². The van der Waals surface area contributed by atoms with Crippen molar-refractivity contribution in [2.45, 2.75) is 6.92 Å². The van der Waals surface area contributed by atoms with Crippen molar-refractivity contribution in [2.75, 3.05) is 0 Å². The van der Waals surface area contributed by atoms with Gasteiger partial charge in [-0.2, -0.15) is 0 Å². The highest BCUT2D eigenvalue weighted by molar-refractivity contribution is 7.84. The van der Waals surface area contributed by atoms with E-state index in [9.17, 15) is 14.1 Å². The minimum atomic E-state index is -1.49. The van der Waals surface area contributed by atoms with Crippen LogP contribution in [0.15, 0.2) is 66.3 Å². The molecule has 0 spiro atoms. The van der Waals surface area contributed by atoms with Crippen LogP contribution in [0.25, 0.3) is 10.8 Å². The summed E-state index contributed by atoms with van der Waals surface area (Å²) in [5.74, 6) is -1.82. The van der Waals surface area contributed by atoms with E-state index in [1.807, 2.05) is 49.4 Å². The van der Waals surface area contributed by atoms with Crippen LogP contribution in [0, 0.1) is 5.92 Å². The predicted octanol–water partition coefficient (Wildman–Crippen LogP) is 3.13. The van der Waals surface area contributed by atoms with Gasteiger partial charge in [0.25, 0.3) is 0 Å². The van der Waals surface area contributed by atoms with Crippen molar-refractivity contribution >= 4 is 37.0 Å². The molecule has 0 saturated carbocycles. The molecule has 0 fully saturated rings. The Labute approximate surface area is 136 Å². The lowest BCUT2D eigenvalue weighted by atomic mass is 9.97. The molecule has 0 radical (unpaired) electrons. The Kier molecular flexibility index (Phi) is 4.17. The molecule has 2 aromatic carbocycles. The standard InChI is InChI=1S/C19H16O3S/c1-13-6-9-17(19(20)21)18(10-13)23(22)12-14-7-8-15-4-2-3-5-16(15)11-14/h2-12,17H,1H3,(H,20,21). The molecule has 116 valence electrons. The summed E-state index contributed by atoms with van der Waals surface area (Å²) in [6.07, 6.45) is 5.03. The number of carboxylic acids is 1. The van der Waals surface area contributed by atoms with Gasteiger partial charge in [-0.15, -0.1) is 0 Å². The fourth-order valence-electron chi connectivity index (χ4n) is 2.57. The number of carbonyl (C=O) groups is 1. The second-order valence-electron chi connectivity index (χ2n) is 5.49. The van der Waals surface area contributed by atoms with E-state index in [0.717, 1.165) is 21.9 Å². The lowest BCUT2D eigenvalue weighted by molar-refractivity contribution is -0.137. The summed E-state index contributed by atoms with van der Waals surface area (Å²) in [6.45, 7) is 1.86. The minimum Gasteiger partial charge on any atom is -0.481 e. The quantitative estimate of drug-likeness (QED) is 0.864. The number of fused-ring (bicyclic) bond motifs is 1. The molecule has 0 heterocycles. The molecule has 3 rings (SSSR count). The minimum absolute atomic E-state index is 0.408. The van der Waals surface area contributed by atoms with Gasteiger partial charge in [-0.05, 0) is 35.4 Å². The summed E-state index contributed by atoms with van der Waals surface area (Å²) in [5, 5.41) is 13.1. The summed E-state index contributed by atoms with van der Waals surface area (Å²) < 4.78 is 12.6. The number of hydrogen-bond acceptors (Lipinski definition) is 2. The maximum absolute atomic E-state index is 12.6. The fraction of sp³-hybridized carbons (Fsp3) is 0.105. The number of allylic oxidation sites excluding steroid dienone is 3. The Bertz CT molecular complexity index is 994. The normalized spacial score (nSPS) is 17.0. The van der Waals surface area contributed by atoms with Crippen molar-refractivity contribution in [2.24, 2.45) is 5.92 Å². The summed E-state index contributed by atoms with van der Waals surface area (Å²) in [7, 11) is -1.49. The summed E-state index contributed by atoms with van der Waals surface area (Å²) >= 11 is 0. The molecule has 1 atom stereocenters. The van der Waals surface area contributed by atoms with E-state index in [4.69, 9.17) is 0 Å².